The zero-order valence-corrected chi connectivity index (χ0v) is 11.0. The molecule has 2 unspecified atom stereocenters. The minimum Gasteiger partial charge on any atom is -0.469 e. The summed E-state index contributed by atoms with van der Waals surface area (Å²) in [7, 11) is 1.21. The molecule has 1 rings (SSSR count). The van der Waals surface area contributed by atoms with E-state index in [1.165, 1.54) is 12.0 Å². The fourth-order valence-corrected chi connectivity index (χ4v) is 2.42. The lowest BCUT2D eigenvalue weighted by molar-refractivity contribution is -0.199. The molecule has 0 aliphatic carbocycles. The molecular formula is C12H20F3NO2. The molecule has 0 aromatic rings. The molecule has 0 bridgehead atoms. The number of ether oxygens (including phenoxy) is 1. The number of nitrogens with zero attached hydrogens (tertiary/aromatic N) is 1. The van der Waals surface area contributed by atoms with Crippen molar-refractivity contribution in [1.29, 1.82) is 0 Å². The fraction of sp³-hybridized carbons (Fsp3) is 0.917. The summed E-state index contributed by atoms with van der Waals surface area (Å²) in [6.45, 7) is 4.47. The second-order valence-corrected chi connectivity index (χ2v) is 5.19. The lowest BCUT2D eigenvalue weighted by atomic mass is 9.90. The molecule has 0 saturated carbocycles. The minimum absolute atomic E-state index is 0.171. The molecular weight excluding hydrogens is 247 g/mol. The van der Waals surface area contributed by atoms with E-state index in [0.717, 1.165) is 0 Å². The molecule has 0 radical (unpaired) electrons. The van der Waals surface area contributed by atoms with Gasteiger partial charge in [0.1, 0.15) is 6.04 Å². The molecule has 0 aromatic heterocycles. The molecule has 18 heavy (non-hydrogen) atoms. The lowest BCUT2D eigenvalue weighted by Gasteiger charge is -2.40. The largest absolute Gasteiger partial charge is 0.469 e. The van der Waals surface area contributed by atoms with Crippen LogP contribution in [0, 0.1) is 11.8 Å². The molecule has 1 aliphatic heterocycles. The van der Waals surface area contributed by atoms with Crippen molar-refractivity contribution in [2.45, 2.75) is 38.9 Å². The van der Waals surface area contributed by atoms with Crippen molar-refractivity contribution in [2.24, 2.45) is 11.8 Å². The Morgan fingerprint density at radius 3 is 2.50 bits per heavy atom. The van der Waals surface area contributed by atoms with Crippen LogP contribution in [0.25, 0.3) is 0 Å². The predicted octanol–water partition coefficient (Wildman–Crippen LogP) is 2.46. The van der Waals surface area contributed by atoms with Gasteiger partial charge in [0.05, 0.1) is 13.0 Å². The Balaban J connectivity index is 2.76. The number of carbonyl (C=O) groups excluding carboxylic acids is 1. The second kappa shape index (κ2) is 5.91. The Hall–Kier alpha value is -0.780. The summed E-state index contributed by atoms with van der Waals surface area (Å²) in [6.07, 6.45) is -4.05. The van der Waals surface area contributed by atoms with E-state index in [1.54, 1.807) is 0 Å². The number of esters is 1. The van der Waals surface area contributed by atoms with E-state index in [0.29, 0.717) is 19.5 Å². The molecule has 0 aromatic carbocycles. The maximum absolute atomic E-state index is 13.0. The number of carbonyl (C=O) groups is 1. The molecule has 2 atom stereocenters. The third kappa shape index (κ3) is 3.86. The van der Waals surface area contributed by atoms with Crippen LogP contribution in [0.15, 0.2) is 0 Å². The molecule has 1 saturated heterocycles. The standard InChI is InChI=1S/C12H20F3NO2/c1-8(2)7-16-5-4-9(11(17)18-3)6-10(16)12(13,14)15/h8-10H,4-7H2,1-3H3. The van der Waals surface area contributed by atoms with E-state index in [4.69, 9.17) is 0 Å². The van der Waals surface area contributed by atoms with Crippen molar-refractivity contribution in [3.05, 3.63) is 0 Å². The van der Waals surface area contributed by atoms with E-state index in [2.05, 4.69) is 4.74 Å². The first kappa shape index (κ1) is 15.3. The highest BCUT2D eigenvalue weighted by Crippen LogP contribution is 2.35. The van der Waals surface area contributed by atoms with Crippen molar-refractivity contribution in [3.8, 4) is 0 Å². The van der Waals surface area contributed by atoms with Crippen LogP contribution < -0.4 is 0 Å². The lowest BCUT2D eigenvalue weighted by Crippen LogP contribution is -2.52. The molecule has 1 fully saturated rings. The third-order valence-electron chi connectivity index (χ3n) is 3.23. The summed E-state index contributed by atoms with van der Waals surface area (Å²) >= 11 is 0. The van der Waals surface area contributed by atoms with Crippen LogP contribution in [-0.4, -0.2) is 43.3 Å². The minimum atomic E-state index is -4.29. The summed E-state index contributed by atoms with van der Waals surface area (Å²) in [5, 5.41) is 0. The average molecular weight is 267 g/mol. The summed E-state index contributed by atoms with van der Waals surface area (Å²) in [4.78, 5) is 12.8. The van der Waals surface area contributed by atoms with Crippen LogP contribution in [0.1, 0.15) is 26.7 Å². The van der Waals surface area contributed by atoms with Gasteiger partial charge in [-0.2, -0.15) is 13.2 Å². The first-order valence-corrected chi connectivity index (χ1v) is 6.14. The van der Waals surface area contributed by atoms with Crippen molar-refractivity contribution in [3.63, 3.8) is 0 Å². The molecule has 0 amide bonds. The Morgan fingerprint density at radius 2 is 2.06 bits per heavy atom. The van der Waals surface area contributed by atoms with Gasteiger partial charge in [0, 0.05) is 6.54 Å². The maximum atomic E-state index is 13.0. The highest BCUT2D eigenvalue weighted by Gasteiger charge is 2.48. The van der Waals surface area contributed by atoms with Crippen LogP contribution >= 0.6 is 0 Å². The van der Waals surface area contributed by atoms with Gasteiger partial charge in [-0.1, -0.05) is 13.8 Å². The molecule has 0 N–H and O–H groups in total. The van der Waals surface area contributed by atoms with Crippen LogP contribution in [0.5, 0.6) is 0 Å². The molecule has 106 valence electrons. The van der Waals surface area contributed by atoms with E-state index in [9.17, 15) is 18.0 Å². The summed E-state index contributed by atoms with van der Waals surface area (Å²) in [6, 6.07) is -1.53. The van der Waals surface area contributed by atoms with E-state index < -0.39 is 24.1 Å². The number of hydrogen-bond donors (Lipinski definition) is 0. The molecule has 3 nitrogen and oxygen atoms in total. The molecule has 1 aliphatic rings. The zero-order valence-electron chi connectivity index (χ0n) is 11.0. The Labute approximate surface area is 105 Å². The number of halogens is 3. The van der Waals surface area contributed by atoms with E-state index in [1.807, 2.05) is 13.8 Å². The van der Waals surface area contributed by atoms with Gasteiger partial charge in [-0.15, -0.1) is 0 Å². The topological polar surface area (TPSA) is 29.5 Å². The van der Waals surface area contributed by atoms with Gasteiger partial charge in [-0.05, 0) is 25.3 Å². The molecule has 6 heteroatoms. The first-order chi connectivity index (χ1) is 8.25. The smallest absolute Gasteiger partial charge is 0.404 e. The van der Waals surface area contributed by atoms with Crippen molar-refractivity contribution in [1.82, 2.24) is 4.90 Å². The monoisotopic (exact) mass is 267 g/mol. The van der Waals surface area contributed by atoms with Gasteiger partial charge in [-0.3, -0.25) is 9.69 Å². The third-order valence-corrected chi connectivity index (χ3v) is 3.23. The summed E-state index contributed by atoms with van der Waals surface area (Å²) in [5.74, 6) is -0.997. The molecule has 0 spiro atoms. The van der Waals surface area contributed by atoms with Crippen molar-refractivity contribution >= 4 is 5.97 Å². The van der Waals surface area contributed by atoms with Crippen LogP contribution in [-0.2, 0) is 9.53 Å². The SMILES string of the molecule is COC(=O)C1CCN(CC(C)C)C(C(F)(F)F)C1. The Kier molecular flexibility index (Phi) is 5.01. The maximum Gasteiger partial charge on any atom is 0.404 e. The number of piperidine rings is 1. The quantitative estimate of drug-likeness (QED) is 0.736. The Morgan fingerprint density at radius 1 is 1.44 bits per heavy atom. The zero-order chi connectivity index (χ0) is 13.9. The predicted molar refractivity (Wildman–Crippen MR) is 61.0 cm³/mol. The van der Waals surface area contributed by atoms with Crippen LogP contribution in [0.3, 0.4) is 0 Å². The number of likely N-dealkylation sites (tertiary alicyclic amines) is 1. The van der Waals surface area contributed by atoms with E-state index in [-0.39, 0.29) is 12.3 Å². The van der Waals surface area contributed by atoms with E-state index >= 15 is 0 Å². The number of methoxy groups -OCH3 is 1. The number of alkyl halides is 3. The van der Waals surface area contributed by atoms with Gasteiger partial charge >= 0.3 is 12.1 Å². The van der Waals surface area contributed by atoms with Crippen LogP contribution in [0.2, 0.25) is 0 Å². The summed E-state index contributed by atoms with van der Waals surface area (Å²) < 4.78 is 43.5. The van der Waals surface area contributed by atoms with Crippen LogP contribution in [0.4, 0.5) is 13.2 Å². The van der Waals surface area contributed by atoms with Gasteiger partial charge in [0.2, 0.25) is 0 Å². The van der Waals surface area contributed by atoms with Gasteiger partial charge in [0.25, 0.3) is 0 Å². The first-order valence-electron chi connectivity index (χ1n) is 6.14. The second-order valence-electron chi connectivity index (χ2n) is 5.19. The highest BCUT2D eigenvalue weighted by atomic mass is 19.4. The normalized spacial score (nSPS) is 26.4. The van der Waals surface area contributed by atoms with Gasteiger partial charge in [-0.25, -0.2) is 0 Å². The number of rotatable bonds is 3. The average Bonchev–Trinajstić information content (AvgIpc) is 2.26. The number of hydrogen-bond acceptors (Lipinski definition) is 3. The molecule has 1 heterocycles. The highest BCUT2D eigenvalue weighted by molar-refractivity contribution is 5.72. The van der Waals surface area contributed by atoms with Crippen molar-refractivity contribution < 1.29 is 22.7 Å². The fourth-order valence-electron chi connectivity index (χ4n) is 2.42. The Bertz CT molecular complexity index is 292. The van der Waals surface area contributed by atoms with Gasteiger partial charge in [0.15, 0.2) is 0 Å². The summed E-state index contributed by atoms with van der Waals surface area (Å²) in [5.41, 5.74) is 0. The van der Waals surface area contributed by atoms with Gasteiger partial charge < -0.3 is 4.74 Å². The van der Waals surface area contributed by atoms with Crippen molar-refractivity contribution in [2.75, 3.05) is 20.2 Å².